The Labute approximate surface area is 104 Å². The van der Waals surface area contributed by atoms with Crippen LogP contribution in [-0.4, -0.2) is 37.0 Å². The monoisotopic (exact) mass is 254 g/mol. The second-order valence-corrected chi connectivity index (χ2v) is 3.70. The summed E-state index contributed by atoms with van der Waals surface area (Å²) in [5.41, 5.74) is 5.74. The fourth-order valence-corrected chi connectivity index (χ4v) is 1.41. The molecule has 0 spiro atoms. The molecule has 0 aromatic heterocycles. The number of esters is 1. The molecule has 0 atom stereocenters. The number of rotatable bonds is 4. The molecule has 0 bridgehead atoms. The average Bonchev–Trinajstić information content (AvgIpc) is 2.28. The molecule has 5 nitrogen and oxygen atoms in total. The molecule has 0 radical (unpaired) electrons. The van der Waals surface area contributed by atoms with Crippen molar-refractivity contribution in [3.8, 4) is 0 Å². The molecular weight excluding hydrogens is 239 g/mol. The lowest BCUT2D eigenvalue weighted by molar-refractivity contribution is -0.143. The molecule has 0 aliphatic heterocycles. The van der Waals surface area contributed by atoms with Gasteiger partial charge in [-0.3, -0.25) is 9.59 Å². The lowest BCUT2D eigenvalue weighted by atomic mass is 10.1. The smallest absolute Gasteiger partial charge is 0.325 e. The van der Waals surface area contributed by atoms with E-state index in [2.05, 4.69) is 0 Å². The number of halogens is 1. The molecule has 0 fully saturated rings. The summed E-state index contributed by atoms with van der Waals surface area (Å²) in [5, 5.41) is 0. The van der Waals surface area contributed by atoms with E-state index in [0.29, 0.717) is 0 Å². The molecule has 18 heavy (non-hydrogen) atoms. The van der Waals surface area contributed by atoms with Crippen molar-refractivity contribution in [3.05, 3.63) is 29.6 Å². The Hall–Kier alpha value is -2.11. The first-order valence-corrected chi connectivity index (χ1v) is 5.41. The Morgan fingerprint density at radius 2 is 2.11 bits per heavy atom. The fourth-order valence-electron chi connectivity index (χ4n) is 1.41. The van der Waals surface area contributed by atoms with Crippen LogP contribution in [0.3, 0.4) is 0 Å². The van der Waals surface area contributed by atoms with Crippen LogP contribution in [0.5, 0.6) is 0 Å². The van der Waals surface area contributed by atoms with Gasteiger partial charge in [0.05, 0.1) is 12.2 Å². The Bertz CT molecular complexity index is 463. The van der Waals surface area contributed by atoms with Crippen LogP contribution < -0.4 is 5.73 Å². The summed E-state index contributed by atoms with van der Waals surface area (Å²) in [6, 6.07) is 3.49. The van der Waals surface area contributed by atoms with Crippen molar-refractivity contribution in [3.63, 3.8) is 0 Å². The second-order valence-electron chi connectivity index (χ2n) is 3.70. The summed E-state index contributed by atoms with van der Waals surface area (Å²) < 4.78 is 17.6. The van der Waals surface area contributed by atoms with E-state index < -0.39 is 17.7 Å². The summed E-state index contributed by atoms with van der Waals surface area (Å²) in [6.07, 6.45) is 0. The number of carbonyl (C=O) groups excluding carboxylic acids is 2. The van der Waals surface area contributed by atoms with Gasteiger partial charge in [-0.25, -0.2) is 4.39 Å². The van der Waals surface area contributed by atoms with E-state index in [1.165, 1.54) is 18.0 Å². The van der Waals surface area contributed by atoms with Crippen molar-refractivity contribution in [2.45, 2.75) is 6.92 Å². The number of hydrogen-bond donors (Lipinski definition) is 1. The molecule has 1 aromatic rings. The largest absolute Gasteiger partial charge is 0.465 e. The van der Waals surface area contributed by atoms with Gasteiger partial charge in [0, 0.05) is 12.7 Å². The summed E-state index contributed by atoms with van der Waals surface area (Å²) in [6.45, 7) is 1.75. The molecule has 6 heteroatoms. The van der Waals surface area contributed by atoms with E-state index in [1.54, 1.807) is 6.92 Å². The number of carbonyl (C=O) groups is 2. The number of ether oxygens (including phenoxy) is 1. The maximum atomic E-state index is 12.8. The van der Waals surface area contributed by atoms with Gasteiger partial charge in [0.25, 0.3) is 5.91 Å². The lowest BCUT2D eigenvalue weighted by Crippen LogP contribution is -2.33. The molecule has 98 valence electrons. The molecule has 1 amide bonds. The normalized spacial score (nSPS) is 9.94. The van der Waals surface area contributed by atoms with E-state index in [4.69, 9.17) is 10.5 Å². The Morgan fingerprint density at radius 3 is 2.67 bits per heavy atom. The van der Waals surface area contributed by atoms with Crippen LogP contribution in [0.4, 0.5) is 10.1 Å². The van der Waals surface area contributed by atoms with Crippen LogP contribution in [0.25, 0.3) is 0 Å². The van der Waals surface area contributed by atoms with Crippen molar-refractivity contribution >= 4 is 17.6 Å². The summed E-state index contributed by atoms with van der Waals surface area (Å²) >= 11 is 0. The molecule has 1 aromatic carbocycles. The highest BCUT2D eigenvalue weighted by Crippen LogP contribution is 2.15. The minimum absolute atomic E-state index is 0.0377. The zero-order chi connectivity index (χ0) is 13.7. The molecule has 0 saturated carbocycles. The van der Waals surface area contributed by atoms with E-state index >= 15 is 0 Å². The first kappa shape index (κ1) is 14.0. The molecule has 0 heterocycles. The Morgan fingerprint density at radius 1 is 1.44 bits per heavy atom. The van der Waals surface area contributed by atoms with Gasteiger partial charge in [-0.2, -0.15) is 0 Å². The van der Waals surface area contributed by atoms with Gasteiger partial charge in [-0.1, -0.05) is 0 Å². The minimum atomic E-state index is -0.517. The van der Waals surface area contributed by atoms with Crippen molar-refractivity contribution in [2.75, 3.05) is 25.9 Å². The molecular formula is C12H15FN2O3. The van der Waals surface area contributed by atoms with Crippen molar-refractivity contribution in [1.29, 1.82) is 0 Å². The van der Waals surface area contributed by atoms with Crippen LogP contribution in [-0.2, 0) is 9.53 Å². The van der Waals surface area contributed by atoms with Crippen molar-refractivity contribution < 1.29 is 18.7 Å². The Kier molecular flexibility index (Phi) is 4.65. The van der Waals surface area contributed by atoms with E-state index in [9.17, 15) is 14.0 Å². The van der Waals surface area contributed by atoms with Crippen LogP contribution in [0.15, 0.2) is 18.2 Å². The zero-order valence-electron chi connectivity index (χ0n) is 10.3. The van der Waals surface area contributed by atoms with Gasteiger partial charge >= 0.3 is 5.97 Å². The number of nitrogens with two attached hydrogens (primary N) is 1. The number of nitrogens with zero attached hydrogens (tertiary/aromatic N) is 1. The van der Waals surface area contributed by atoms with Crippen molar-refractivity contribution in [1.82, 2.24) is 4.90 Å². The topological polar surface area (TPSA) is 72.6 Å². The third-order valence-electron chi connectivity index (χ3n) is 2.26. The van der Waals surface area contributed by atoms with E-state index in [1.807, 2.05) is 0 Å². The number of anilines is 1. The molecule has 0 aliphatic rings. The van der Waals surface area contributed by atoms with Gasteiger partial charge in [-0.05, 0) is 25.1 Å². The molecule has 0 saturated heterocycles. The summed E-state index contributed by atoms with van der Waals surface area (Å²) in [4.78, 5) is 24.3. The second kappa shape index (κ2) is 6.00. The van der Waals surface area contributed by atoms with Gasteiger partial charge in [-0.15, -0.1) is 0 Å². The maximum absolute atomic E-state index is 12.8. The fraction of sp³-hybridized carbons (Fsp3) is 0.333. The average molecular weight is 254 g/mol. The third kappa shape index (κ3) is 3.44. The number of likely N-dealkylation sites (N-methyl/N-ethyl adjacent to an activating group) is 1. The molecule has 0 aliphatic carbocycles. The number of benzene rings is 1. The van der Waals surface area contributed by atoms with Crippen molar-refractivity contribution in [2.24, 2.45) is 0 Å². The predicted octanol–water partition coefficient (Wildman–Crippen LogP) is 1.04. The molecule has 2 N–H and O–H groups in total. The highest BCUT2D eigenvalue weighted by molar-refractivity contribution is 6.00. The first-order chi connectivity index (χ1) is 8.45. The summed E-state index contributed by atoms with van der Waals surface area (Å²) in [5.74, 6) is -1.48. The number of nitrogen functional groups attached to an aromatic ring is 1. The third-order valence-corrected chi connectivity index (χ3v) is 2.26. The summed E-state index contributed by atoms with van der Waals surface area (Å²) in [7, 11) is 1.45. The SMILES string of the molecule is CCOC(=O)CN(C)C(=O)c1ccc(F)cc1N. The van der Waals surface area contributed by atoms with Crippen LogP contribution in [0.1, 0.15) is 17.3 Å². The predicted molar refractivity (Wildman–Crippen MR) is 64.4 cm³/mol. The van der Waals surface area contributed by atoms with Gasteiger partial charge < -0.3 is 15.4 Å². The Balaban J connectivity index is 2.77. The van der Waals surface area contributed by atoms with Crippen LogP contribution >= 0.6 is 0 Å². The van der Waals surface area contributed by atoms with E-state index in [0.717, 1.165) is 12.1 Å². The van der Waals surface area contributed by atoms with Gasteiger partial charge in [0.2, 0.25) is 0 Å². The molecule has 0 unspecified atom stereocenters. The highest BCUT2D eigenvalue weighted by Gasteiger charge is 2.17. The van der Waals surface area contributed by atoms with E-state index in [-0.39, 0.29) is 24.4 Å². The first-order valence-electron chi connectivity index (χ1n) is 5.41. The van der Waals surface area contributed by atoms with Gasteiger partial charge in [0.1, 0.15) is 12.4 Å². The molecule has 1 rings (SSSR count). The highest BCUT2D eigenvalue weighted by atomic mass is 19.1. The standard InChI is InChI=1S/C12H15FN2O3/c1-3-18-11(16)7-15(2)12(17)9-5-4-8(13)6-10(9)14/h4-6H,3,7,14H2,1-2H3. The minimum Gasteiger partial charge on any atom is -0.465 e. The zero-order valence-corrected chi connectivity index (χ0v) is 10.3. The van der Waals surface area contributed by atoms with Crippen LogP contribution in [0.2, 0.25) is 0 Å². The lowest BCUT2D eigenvalue weighted by Gasteiger charge is -2.17. The quantitative estimate of drug-likeness (QED) is 0.643. The number of amides is 1. The van der Waals surface area contributed by atoms with Gasteiger partial charge in [0.15, 0.2) is 0 Å². The maximum Gasteiger partial charge on any atom is 0.325 e. The van der Waals surface area contributed by atoms with Crippen LogP contribution in [0, 0.1) is 5.82 Å². The number of hydrogen-bond acceptors (Lipinski definition) is 4.